The van der Waals surface area contributed by atoms with Crippen molar-refractivity contribution in [3.05, 3.63) is 197 Å². The summed E-state index contributed by atoms with van der Waals surface area (Å²) < 4.78 is 90.8. The Labute approximate surface area is 463 Å². The molecule has 0 aliphatic carbocycles. The van der Waals surface area contributed by atoms with Crippen molar-refractivity contribution in [1.82, 2.24) is 24.1 Å². The largest absolute Gasteiger partial charge is 0.416 e. The van der Waals surface area contributed by atoms with E-state index >= 15 is 0 Å². The molecule has 0 radical (unpaired) electrons. The average molecular weight is 1080 g/mol. The fourth-order valence-corrected chi connectivity index (χ4v) is 10.8. The van der Waals surface area contributed by atoms with Crippen LogP contribution >= 0.6 is 0 Å². The number of rotatable bonds is 6. The minimum atomic E-state index is -4.75. The molecule has 0 N–H and O–H groups in total. The quantitative estimate of drug-likeness (QED) is 0.156. The molecule has 0 aliphatic rings. The summed E-state index contributed by atoms with van der Waals surface area (Å²) >= 11 is 0. The van der Waals surface area contributed by atoms with Crippen LogP contribution in [0.4, 0.5) is 26.3 Å². The summed E-state index contributed by atoms with van der Waals surface area (Å²) in [6, 6.07) is 49.8. The van der Waals surface area contributed by atoms with Gasteiger partial charge in [-0.1, -0.05) is 150 Å². The Kier molecular flexibility index (Phi) is 12.7. The Morgan fingerprint density at radius 2 is 0.637 bits per heavy atom. The van der Waals surface area contributed by atoms with Crippen LogP contribution in [0, 0.1) is 0 Å². The van der Waals surface area contributed by atoms with E-state index in [0.29, 0.717) is 50.9 Å². The van der Waals surface area contributed by atoms with Gasteiger partial charge in [0.25, 0.3) is 0 Å². The molecule has 406 valence electrons. The topological polar surface area (TPSA) is 48.5 Å². The number of hydrogen-bond acceptors (Lipinski definition) is 3. The summed E-state index contributed by atoms with van der Waals surface area (Å²) in [6.45, 7) is 26.4. The molecule has 0 spiro atoms. The van der Waals surface area contributed by atoms with Crippen molar-refractivity contribution in [1.29, 1.82) is 0 Å². The van der Waals surface area contributed by atoms with Crippen molar-refractivity contribution in [3.8, 4) is 56.7 Å². The van der Waals surface area contributed by atoms with Gasteiger partial charge in [0.15, 0.2) is 17.5 Å². The van der Waals surface area contributed by atoms with Gasteiger partial charge in [-0.05, 0) is 141 Å². The number of nitrogens with zero attached hydrogens (tertiary/aromatic N) is 5. The van der Waals surface area contributed by atoms with Gasteiger partial charge in [-0.3, -0.25) is 0 Å². The third-order valence-electron chi connectivity index (χ3n) is 15.4. The van der Waals surface area contributed by atoms with Crippen LogP contribution in [0.15, 0.2) is 164 Å². The molecule has 0 fully saturated rings. The molecule has 3 heterocycles. The van der Waals surface area contributed by atoms with E-state index in [1.165, 1.54) is 12.1 Å². The van der Waals surface area contributed by atoms with Crippen molar-refractivity contribution < 1.29 is 26.3 Å². The Morgan fingerprint density at radius 1 is 0.287 bits per heavy atom. The minimum absolute atomic E-state index is 0.0349. The first kappa shape index (κ1) is 53.9. The smallest absolute Gasteiger partial charge is 0.309 e. The third-order valence-corrected chi connectivity index (χ3v) is 15.4. The van der Waals surface area contributed by atoms with Crippen molar-refractivity contribution in [3.63, 3.8) is 0 Å². The summed E-state index contributed by atoms with van der Waals surface area (Å²) in [5, 5.41) is 2.13. The maximum absolute atomic E-state index is 14.5. The second-order valence-electron chi connectivity index (χ2n) is 25.3. The summed E-state index contributed by atoms with van der Waals surface area (Å²) in [4.78, 5) is 16.2. The molecule has 0 aliphatic heterocycles. The van der Waals surface area contributed by atoms with Gasteiger partial charge in [-0.25, -0.2) is 15.0 Å². The molecular formula is C69H63F6N5. The number of fused-ring (bicyclic) bond motifs is 6. The van der Waals surface area contributed by atoms with E-state index in [2.05, 4.69) is 160 Å². The van der Waals surface area contributed by atoms with Crippen LogP contribution in [0.5, 0.6) is 0 Å². The van der Waals surface area contributed by atoms with Crippen LogP contribution < -0.4 is 0 Å². The fourth-order valence-electron chi connectivity index (χ4n) is 10.8. The lowest BCUT2D eigenvalue weighted by Gasteiger charge is -2.26. The Bertz CT molecular complexity index is 3980. The van der Waals surface area contributed by atoms with E-state index in [0.717, 1.165) is 85.1 Å². The fraction of sp³-hybridized carbons (Fsp3) is 0.261. The van der Waals surface area contributed by atoms with Gasteiger partial charge < -0.3 is 9.13 Å². The number of para-hydroxylation sites is 3. The molecule has 5 nitrogen and oxygen atoms in total. The lowest BCUT2D eigenvalue weighted by molar-refractivity contribution is -0.138. The molecule has 11 heteroatoms. The maximum Gasteiger partial charge on any atom is 0.416 e. The van der Waals surface area contributed by atoms with Gasteiger partial charge in [0.1, 0.15) is 0 Å². The second-order valence-corrected chi connectivity index (χ2v) is 25.3. The minimum Gasteiger partial charge on any atom is -0.309 e. The molecule has 3 aromatic heterocycles. The van der Waals surface area contributed by atoms with Gasteiger partial charge in [0.2, 0.25) is 0 Å². The van der Waals surface area contributed by atoms with Crippen LogP contribution in [0.2, 0.25) is 0 Å². The predicted molar refractivity (Wildman–Crippen MR) is 315 cm³/mol. The first-order chi connectivity index (χ1) is 37.4. The molecule has 0 atom stereocenters. The molecule has 0 amide bonds. The lowest BCUT2D eigenvalue weighted by atomic mass is 9.79. The number of hydrogen-bond donors (Lipinski definition) is 0. The van der Waals surface area contributed by atoms with E-state index in [9.17, 15) is 26.3 Å². The zero-order chi connectivity index (χ0) is 57.2. The van der Waals surface area contributed by atoms with Crippen LogP contribution in [-0.4, -0.2) is 24.1 Å². The normalized spacial score (nSPS) is 13.1. The summed E-state index contributed by atoms with van der Waals surface area (Å²) in [7, 11) is 0. The van der Waals surface area contributed by atoms with Crippen molar-refractivity contribution in [2.24, 2.45) is 0 Å². The van der Waals surface area contributed by atoms with Crippen LogP contribution in [0.1, 0.15) is 116 Å². The maximum atomic E-state index is 14.5. The SMILES string of the molecule is CC(C)(C)c1cc(-c2nc(-c3cc(C(C)(C)C)cc(C(C)(C)C)c3)nc(-c3ccc(-n4c5ccccc5c5ccccc54)c(-c4ccccc4-n4c5ccc(C(F)(F)F)cc5c5cc(C(F)(F)F)ccc54)c3)n2)cc(C(C)(C)C)c1. The molecule has 11 rings (SSSR count). The molecular weight excluding hydrogens is 1010 g/mol. The zero-order valence-corrected chi connectivity index (χ0v) is 47.1. The number of alkyl halides is 6. The van der Waals surface area contributed by atoms with E-state index in [1.54, 1.807) is 4.57 Å². The Balaban J connectivity index is 1.24. The second kappa shape index (κ2) is 18.8. The zero-order valence-electron chi connectivity index (χ0n) is 47.1. The van der Waals surface area contributed by atoms with E-state index in [1.807, 2.05) is 54.6 Å². The van der Waals surface area contributed by atoms with Gasteiger partial charge >= 0.3 is 12.4 Å². The van der Waals surface area contributed by atoms with Crippen LogP contribution in [0.25, 0.3) is 100 Å². The van der Waals surface area contributed by atoms with Gasteiger partial charge in [0, 0.05) is 49.4 Å². The first-order valence-electron chi connectivity index (χ1n) is 27.0. The average Bonchev–Trinajstić information content (AvgIpc) is 4.14. The molecule has 80 heavy (non-hydrogen) atoms. The molecule has 0 saturated carbocycles. The third kappa shape index (κ3) is 9.83. The van der Waals surface area contributed by atoms with E-state index in [-0.39, 0.29) is 32.4 Å². The monoisotopic (exact) mass is 1080 g/mol. The summed E-state index contributed by atoms with van der Waals surface area (Å²) in [6.07, 6.45) is -9.49. The van der Waals surface area contributed by atoms with Crippen LogP contribution in [-0.2, 0) is 34.0 Å². The lowest BCUT2D eigenvalue weighted by Crippen LogP contribution is -2.17. The van der Waals surface area contributed by atoms with Crippen molar-refractivity contribution in [2.75, 3.05) is 0 Å². The highest BCUT2D eigenvalue weighted by molar-refractivity contribution is 6.12. The number of aromatic nitrogens is 5. The van der Waals surface area contributed by atoms with Crippen LogP contribution in [0.3, 0.4) is 0 Å². The highest BCUT2D eigenvalue weighted by atomic mass is 19.4. The van der Waals surface area contributed by atoms with E-state index < -0.39 is 23.5 Å². The Morgan fingerprint density at radius 3 is 1.04 bits per heavy atom. The van der Waals surface area contributed by atoms with Crippen molar-refractivity contribution in [2.45, 2.75) is 117 Å². The van der Waals surface area contributed by atoms with Gasteiger partial charge in [-0.2, -0.15) is 26.3 Å². The molecule has 0 unspecified atom stereocenters. The van der Waals surface area contributed by atoms with Gasteiger partial charge in [0.05, 0.1) is 44.6 Å². The van der Waals surface area contributed by atoms with E-state index in [4.69, 9.17) is 15.0 Å². The number of halogens is 6. The van der Waals surface area contributed by atoms with Crippen molar-refractivity contribution >= 4 is 43.6 Å². The highest BCUT2D eigenvalue weighted by Gasteiger charge is 2.34. The van der Waals surface area contributed by atoms with Gasteiger partial charge in [-0.15, -0.1) is 0 Å². The number of benzene rings is 8. The summed E-state index contributed by atoms with van der Waals surface area (Å²) in [5.74, 6) is 1.40. The standard InChI is InChI=1S/C69H63F6N5/c1-64(2,3)45-31-41(32-46(36-45)65(4,5)6)62-76-61(77-63(78-62)42-33-47(66(7,8)9)37-48(34-42)67(10,11)12)40-25-28-58(79-55-22-16-13-19-49(55)50-20-14-17-23-56(50)79)52(35-40)51-21-15-18-24-57(51)80-59-29-26-43(68(70,71)72)38-53(59)54-39-44(69(73,74)75)27-30-60(54)80/h13-39H,1-12H3. The summed E-state index contributed by atoms with van der Waals surface area (Å²) in [5.41, 5.74) is 9.26. The highest BCUT2D eigenvalue weighted by Crippen LogP contribution is 2.45. The molecule has 0 saturated heterocycles. The Hall–Kier alpha value is -8.05. The molecule has 8 aromatic carbocycles. The molecule has 0 bridgehead atoms. The first-order valence-corrected chi connectivity index (χ1v) is 27.0. The predicted octanol–water partition coefficient (Wildman–Crippen LogP) is 20.0. The molecule has 11 aromatic rings.